The van der Waals surface area contributed by atoms with E-state index >= 15 is 0 Å². The lowest BCUT2D eigenvalue weighted by Gasteiger charge is -2.23. The Morgan fingerprint density at radius 1 is 0.920 bits per heavy atom. The van der Waals surface area contributed by atoms with Crippen LogP contribution in [0.3, 0.4) is 0 Å². The zero-order chi connectivity index (χ0) is 18.1. The first-order valence-corrected chi connectivity index (χ1v) is 9.39. The molecule has 2 aromatic carbocycles. The van der Waals surface area contributed by atoms with E-state index in [9.17, 15) is 9.59 Å². The molecule has 0 N–H and O–H groups in total. The van der Waals surface area contributed by atoms with E-state index in [4.69, 9.17) is 34.8 Å². The molecule has 1 saturated carbocycles. The molecule has 0 spiro atoms. The summed E-state index contributed by atoms with van der Waals surface area (Å²) >= 11 is 18.5. The van der Waals surface area contributed by atoms with Gasteiger partial charge in [-0.2, -0.15) is 0 Å². The molecule has 0 aliphatic heterocycles. The maximum absolute atomic E-state index is 12.4. The van der Waals surface area contributed by atoms with Crippen molar-refractivity contribution >= 4 is 46.4 Å². The molecule has 130 valence electrons. The number of carbonyl (C=O) groups excluding carboxylic acids is 2. The van der Waals surface area contributed by atoms with E-state index in [0.29, 0.717) is 34.3 Å². The van der Waals surface area contributed by atoms with Crippen molar-refractivity contribution in [2.24, 2.45) is 0 Å². The average molecular weight is 396 g/mol. The Morgan fingerprint density at radius 3 is 2.20 bits per heavy atom. The highest BCUT2D eigenvalue weighted by atomic mass is 35.5. The maximum atomic E-state index is 12.4. The lowest BCUT2D eigenvalue weighted by molar-refractivity contribution is -0.131. The number of carbonyl (C=O) groups is 2. The highest BCUT2D eigenvalue weighted by Gasteiger charge is 2.32. The van der Waals surface area contributed by atoms with Crippen molar-refractivity contribution in [1.29, 1.82) is 0 Å². The standard InChI is InChI=1S/C20H17Cl3O2/c1-2-11-6-7-12(13-9-16(22)17(23)10-15(13)21)8-14(11)20-18(24)4-3-5-19(20)25/h6-10,20H,2-5H2,1H3. The average Bonchev–Trinajstić information content (AvgIpc) is 2.58. The van der Waals surface area contributed by atoms with Crippen molar-refractivity contribution in [3.05, 3.63) is 56.5 Å². The first-order chi connectivity index (χ1) is 11.9. The van der Waals surface area contributed by atoms with Crippen LogP contribution in [0.5, 0.6) is 0 Å². The van der Waals surface area contributed by atoms with Gasteiger partial charge in [0.2, 0.25) is 0 Å². The molecule has 5 heteroatoms. The van der Waals surface area contributed by atoms with Crippen LogP contribution in [0.25, 0.3) is 11.1 Å². The van der Waals surface area contributed by atoms with Gasteiger partial charge in [0.1, 0.15) is 17.5 Å². The number of Topliss-reactive ketones (excluding diaryl/α,β-unsaturated/α-hetero) is 2. The number of hydrogen-bond acceptors (Lipinski definition) is 2. The first kappa shape index (κ1) is 18.4. The van der Waals surface area contributed by atoms with Gasteiger partial charge < -0.3 is 0 Å². The van der Waals surface area contributed by atoms with Crippen LogP contribution in [0.2, 0.25) is 15.1 Å². The molecule has 0 unspecified atom stereocenters. The minimum absolute atomic E-state index is 0.00309. The molecule has 1 aliphatic carbocycles. The second kappa shape index (κ2) is 7.49. The SMILES string of the molecule is CCc1ccc(-c2cc(Cl)c(Cl)cc2Cl)cc1C1C(=O)CCCC1=O. The number of benzene rings is 2. The first-order valence-electron chi connectivity index (χ1n) is 8.25. The van der Waals surface area contributed by atoms with Crippen molar-refractivity contribution in [3.63, 3.8) is 0 Å². The summed E-state index contributed by atoms with van der Waals surface area (Å²) in [7, 11) is 0. The molecular formula is C20H17Cl3O2. The van der Waals surface area contributed by atoms with E-state index in [-0.39, 0.29) is 11.6 Å². The second-order valence-corrected chi connectivity index (χ2v) is 7.45. The van der Waals surface area contributed by atoms with Gasteiger partial charge in [-0.15, -0.1) is 0 Å². The number of aryl methyl sites for hydroxylation is 1. The summed E-state index contributed by atoms with van der Waals surface area (Å²) in [6.07, 6.45) is 2.31. The van der Waals surface area contributed by atoms with Crippen LogP contribution < -0.4 is 0 Å². The Balaban J connectivity index is 2.14. The van der Waals surface area contributed by atoms with Gasteiger partial charge >= 0.3 is 0 Å². The van der Waals surface area contributed by atoms with Gasteiger partial charge in [0.25, 0.3) is 0 Å². The molecule has 0 bridgehead atoms. The zero-order valence-corrected chi connectivity index (χ0v) is 16.0. The van der Waals surface area contributed by atoms with Gasteiger partial charge in [-0.3, -0.25) is 9.59 Å². The molecule has 1 aliphatic rings. The van der Waals surface area contributed by atoms with Crippen LogP contribution >= 0.6 is 34.8 Å². The third-order valence-corrected chi connectivity index (χ3v) is 5.68. The van der Waals surface area contributed by atoms with Crippen LogP contribution in [-0.2, 0) is 16.0 Å². The van der Waals surface area contributed by atoms with Gasteiger partial charge in [0.05, 0.1) is 10.0 Å². The molecule has 0 atom stereocenters. The summed E-state index contributed by atoms with van der Waals surface area (Å²) in [5, 5.41) is 1.27. The molecule has 0 heterocycles. The van der Waals surface area contributed by atoms with Crippen LogP contribution in [0.4, 0.5) is 0 Å². The fourth-order valence-corrected chi connectivity index (χ4v) is 4.00. The number of rotatable bonds is 3. The third kappa shape index (κ3) is 3.62. The fraction of sp³-hybridized carbons (Fsp3) is 0.300. The second-order valence-electron chi connectivity index (χ2n) is 6.23. The summed E-state index contributed by atoms with van der Waals surface area (Å²) in [4.78, 5) is 24.8. The van der Waals surface area contributed by atoms with Crippen LogP contribution in [0.1, 0.15) is 43.2 Å². The highest BCUT2D eigenvalue weighted by molar-refractivity contribution is 6.44. The third-order valence-electron chi connectivity index (χ3n) is 4.65. The van der Waals surface area contributed by atoms with Gasteiger partial charge in [-0.05, 0) is 47.7 Å². The Kier molecular flexibility index (Phi) is 5.52. The van der Waals surface area contributed by atoms with E-state index in [1.807, 2.05) is 25.1 Å². The molecular weight excluding hydrogens is 379 g/mol. The van der Waals surface area contributed by atoms with E-state index in [0.717, 1.165) is 28.7 Å². The minimum Gasteiger partial charge on any atom is -0.299 e. The Morgan fingerprint density at radius 2 is 1.56 bits per heavy atom. The van der Waals surface area contributed by atoms with Crippen molar-refractivity contribution in [1.82, 2.24) is 0 Å². The van der Waals surface area contributed by atoms with Gasteiger partial charge in [0, 0.05) is 23.4 Å². The van der Waals surface area contributed by atoms with Gasteiger partial charge in [-0.25, -0.2) is 0 Å². The van der Waals surface area contributed by atoms with E-state index in [1.165, 1.54) is 0 Å². The predicted octanol–water partition coefficient (Wildman–Crippen LogP) is 6.28. The normalized spacial score (nSPS) is 15.7. The summed E-state index contributed by atoms with van der Waals surface area (Å²) in [5.41, 5.74) is 3.35. The van der Waals surface area contributed by atoms with E-state index in [2.05, 4.69) is 0 Å². The molecule has 0 radical (unpaired) electrons. The van der Waals surface area contributed by atoms with Gasteiger partial charge in [0.15, 0.2) is 0 Å². The number of halogens is 3. The van der Waals surface area contributed by atoms with Crippen LogP contribution in [0.15, 0.2) is 30.3 Å². The smallest absolute Gasteiger partial charge is 0.147 e. The lowest BCUT2D eigenvalue weighted by atomic mass is 9.79. The maximum Gasteiger partial charge on any atom is 0.147 e. The van der Waals surface area contributed by atoms with Gasteiger partial charge in [-0.1, -0.05) is 53.9 Å². The quantitative estimate of drug-likeness (QED) is 0.452. The molecule has 0 aromatic heterocycles. The number of ketones is 2. The Labute approximate surface area is 162 Å². The van der Waals surface area contributed by atoms with Crippen molar-refractivity contribution < 1.29 is 9.59 Å². The van der Waals surface area contributed by atoms with Crippen LogP contribution in [-0.4, -0.2) is 11.6 Å². The summed E-state index contributed by atoms with van der Waals surface area (Å²) < 4.78 is 0. The largest absolute Gasteiger partial charge is 0.299 e. The zero-order valence-electron chi connectivity index (χ0n) is 13.7. The number of hydrogen-bond donors (Lipinski definition) is 0. The summed E-state index contributed by atoms with van der Waals surface area (Å²) in [6.45, 7) is 2.02. The fourth-order valence-electron chi connectivity index (χ4n) is 3.35. The molecule has 3 rings (SSSR count). The van der Waals surface area contributed by atoms with Crippen LogP contribution in [0, 0.1) is 0 Å². The lowest BCUT2D eigenvalue weighted by Crippen LogP contribution is -2.27. The monoisotopic (exact) mass is 394 g/mol. The van der Waals surface area contributed by atoms with E-state index in [1.54, 1.807) is 12.1 Å². The van der Waals surface area contributed by atoms with E-state index < -0.39 is 5.92 Å². The summed E-state index contributed by atoms with van der Waals surface area (Å²) in [5.74, 6) is -0.656. The molecule has 2 aromatic rings. The molecule has 1 fully saturated rings. The Hall–Kier alpha value is -1.35. The molecule has 25 heavy (non-hydrogen) atoms. The summed E-state index contributed by atoms with van der Waals surface area (Å²) in [6, 6.07) is 9.10. The predicted molar refractivity (Wildman–Crippen MR) is 103 cm³/mol. The Bertz CT molecular complexity index is 842. The van der Waals surface area contributed by atoms with Crippen molar-refractivity contribution in [2.45, 2.75) is 38.5 Å². The topological polar surface area (TPSA) is 34.1 Å². The van der Waals surface area contributed by atoms with Crippen molar-refractivity contribution in [2.75, 3.05) is 0 Å². The van der Waals surface area contributed by atoms with Crippen molar-refractivity contribution in [3.8, 4) is 11.1 Å². The molecule has 2 nitrogen and oxygen atoms in total. The highest BCUT2D eigenvalue weighted by Crippen LogP contribution is 2.38. The minimum atomic E-state index is -0.662. The molecule has 0 amide bonds. The molecule has 0 saturated heterocycles.